The number of aliphatic hydroxyl groups is 1. The molecule has 90 valence electrons. The van der Waals surface area contributed by atoms with Crippen LogP contribution in [0.4, 0.5) is 0 Å². The molecular formula is C12H12ClNO2S. The number of rotatable bonds is 4. The highest BCUT2D eigenvalue weighted by Crippen LogP contribution is 2.35. The Labute approximate surface area is 109 Å². The van der Waals surface area contributed by atoms with Crippen molar-refractivity contribution in [3.63, 3.8) is 0 Å². The molecule has 2 rings (SSSR count). The molecule has 0 unspecified atom stereocenters. The van der Waals surface area contributed by atoms with Gasteiger partial charge in [-0.1, -0.05) is 23.7 Å². The van der Waals surface area contributed by atoms with Crippen LogP contribution >= 0.6 is 22.9 Å². The molecule has 5 heteroatoms. The van der Waals surface area contributed by atoms with Gasteiger partial charge < -0.3 is 9.84 Å². The van der Waals surface area contributed by atoms with Crippen molar-refractivity contribution in [2.75, 3.05) is 6.61 Å². The van der Waals surface area contributed by atoms with Crippen molar-refractivity contribution in [3.8, 4) is 17.0 Å². The maximum atomic E-state index is 9.28. The maximum absolute atomic E-state index is 9.28. The van der Waals surface area contributed by atoms with E-state index in [0.29, 0.717) is 16.8 Å². The van der Waals surface area contributed by atoms with E-state index in [2.05, 4.69) is 4.98 Å². The number of ether oxygens (including phenoxy) is 1. The molecule has 17 heavy (non-hydrogen) atoms. The van der Waals surface area contributed by atoms with Crippen molar-refractivity contribution in [3.05, 3.63) is 33.6 Å². The molecule has 0 saturated carbocycles. The summed E-state index contributed by atoms with van der Waals surface area (Å²) >= 11 is 7.16. The molecule has 0 radical (unpaired) electrons. The molecule has 0 atom stereocenters. The molecule has 0 aliphatic heterocycles. The van der Waals surface area contributed by atoms with E-state index in [-0.39, 0.29) is 6.61 Å². The van der Waals surface area contributed by atoms with Gasteiger partial charge in [-0.15, -0.1) is 11.3 Å². The van der Waals surface area contributed by atoms with Gasteiger partial charge in [-0.3, -0.25) is 0 Å². The number of hydrogen-bond donors (Lipinski definition) is 1. The van der Waals surface area contributed by atoms with Gasteiger partial charge in [0.2, 0.25) is 0 Å². The van der Waals surface area contributed by atoms with Gasteiger partial charge in [0, 0.05) is 5.56 Å². The third kappa shape index (κ3) is 2.60. The highest BCUT2D eigenvalue weighted by Gasteiger charge is 2.15. The lowest BCUT2D eigenvalue weighted by Crippen LogP contribution is -1.95. The van der Waals surface area contributed by atoms with Crippen molar-refractivity contribution in [2.45, 2.75) is 13.5 Å². The number of nitrogens with zero attached hydrogens (tertiary/aromatic N) is 1. The average molecular weight is 270 g/mol. The smallest absolute Gasteiger partial charge is 0.184 e. The minimum Gasteiger partial charge on any atom is -0.493 e. The zero-order valence-corrected chi connectivity index (χ0v) is 10.9. The molecule has 1 heterocycles. The maximum Gasteiger partial charge on any atom is 0.184 e. The molecule has 0 aliphatic rings. The van der Waals surface area contributed by atoms with Crippen molar-refractivity contribution >= 4 is 22.9 Å². The molecule has 1 N–H and O–H groups in total. The zero-order chi connectivity index (χ0) is 12.3. The Morgan fingerprint density at radius 1 is 1.41 bits per heavy atom. The number of benzene rings is 1. The number of thiazole rings is 1. The molecule has 0 spiro atoms. The van der Waals surface area contributed by atoms with E-state index >= 15 is 0 Å². The standard InChI is InChI=1S/C12H12ClNO2S/c1-2-16-9-6-4-3-5-8(9)11-10(7-15)17-12(13)14-11/h3-6,15H,2,7H2,1H3. The summed E-state index contributed by atoms with van der Waals surface area (Å²) in [5.41, 5.74) is 1.56. The quantitative estimate of drug-likeness (QED) is 0.925. The van der Waals surface area contributed by atoms with E-state index < -0.39 is 0 Å². The molecule has 0 fully saturated rings. The number of aliphatic hydroxyl groups excluding tert-OH is 1. The van der Waals surface area contributed by atoms with Crippen LogP contribution in [0.5, 0.6) is 5.75 Å². The van der Waals surface area contributed by atoms with E-state index in [1.165, 1.54) is 11.3 Å². The lowest BCUT2D eigenvalue weighted by molar-refractivity contribution is 0.285. The number of halogens is 1. The Hall–Kier alpha value is -1.10. The second-order valence-corrected chi connectivity index (χ2v) is 4.99. The lowest BCUT2D eigenvalue weighted by atomic mass is 10.1. The monoisotopic (exact) mass is 269 g/mol. The largest absolute Gasteiger partial charge is 0.493 e. The second-order valence-electron chi connectivity index (χ2n) is 3.33. The van der Waals surface area contributed by atoms with Crippen LogP contribution < -0.4 is 4.74 Å². The predicted molar refractivity (Wildman–Crippen MR) is 69.7 cm³/mol. The summed E-state index contributed by atoms with van der Waals surface area (Å²) in [5, 5.41) is 9.28. The highest BCUT2D eigenvalue weighted by molar-refractivity contribution is 7.16. The van der Waals surface area contributed by atoms with Crippen LogP contribution in [0.25, 0.3) is 11.3 Å². The molecule has 3 nitrogen and oxygen atoms in total. The van der Waals surface area contributed by atoms with Crippen LogP contribution in [-0.4, -0.2) is 16.7 Å². The summed E-state index contributed by atoms with van der Waals surface area (Å²) in [6.45, 7) is 2.45. The summed E-state index contributed by atoms with van der Waals surface area (Å²) in [4.78, 5) is 4.99. The van der Waals surface area contributed by atoms with Gasteiger partial charge in [0.15, 0.2) is 4.47 Å². The van der Waals surface area contributed by atoms with E-state index in [9.17, 15) is 5.11 Å². The Bertz CT molecular complexity index is 513. The average Bonchev–Trinajstić information content (AvgIpc) is 2.71. The zero-order valence-electron chi connectivity index (χ0n) is 9.31. The molecule has 2 aromatic rings. The van der Waals surface area contributed by atoms with Crippen LogP contribution in [-0.2, 0) is 6.61 Å². The van der Waals surface area contributed by atoms with Crippen LogP contribution in [0.15, 0.2) is 24.3 Å². The number of aromatic nitrogens is 1. The van der Waals surface area contributed by atoms with Crippen molar-refractivity contribution < 1.29 is 9.84 Å². The Balaban J connectivity index is 2.51. The Morgan fingerprint density at radius 3 is 2.88 bits per heavy atom. The molecule has 1 aromatic carbocycles. The van der Waals surface area contributed by atoms with Crippen LogP contribution in [0.1, 0.15) is 11.8 Å². The molecule has 0 bridgehead atoms. The summed E-state index contributed by atoms with van der Waals surface area (Å²) in [6, 6.07) is 7.61. The summed E-state index contributed by atoms with van der Waals surface area (Å²) in [5.74, 6) is 0.756. The summed E-state index contributed by atoms with van der Waals surface area (Å²) in [7, 11) is 0. The van der Waals surface area contributed by atoms with Crippen molar-refractivity contribution in [1.82, 2.24) is 4.98 Å². The normalized spacial score (nSPS) is 10.5. The molecule has 0 aliphatic carbocycles. The van der Waals surface area contributed by atoms with Crippen LogP contribution in [0.2, 0.25) is 4.47 Å². The molecule has 0 saturated heterocycles. The summed E-state index contributed by atoms with van der Waals surface area (Å²) < 4.78 is 5.97. The fourth-order valence-corrected chi connectivity index (χ4v) is 2.61. The molecular weight excluding hydrogens is 258 g/mol. The van der Waals surface area contributed by atoms with Gasteiger partial charge in [-0.25, -0.2) is 4.98 Å². The number of hydrogen-bond acceptors (Lipinski definition) is 4. The Morgan fingerprint density at radius 2 is 2.18 bits per heavy atom. The fraction of sp³-hybridized carbons (Fsp3) is 0.250. The van der Waals surface area contributed by atoms with E-state index in [1.807, 2.05) is 31.2 Å². The van der Waals surface area contributed by atoms with Crippen LogP contribution in [0, 0.1) is 0 Å². The first kappa shape index (κ1) is 12.4. The highest BCUT2D eigenvalue weighted by atomic mass is 35.5. The SMILES string of the molecule is CCOc1ccccc1-c1nc(Cl)sc1CO. The molecule has 1 aromatic heterocycles. The number of para-hydroxylation sites is 1. The van der Waals surface area contributed by atoms with Gasteiger partial charge in [-0.05, 0) is 19.1 Å². The summed E-state index contributed by atoms with van der Waals surface area (Å²) in [6.07, 6.45) is 0. The first-order valence-electron chi connectivity index (χ1n) is 5.24. The van der Waals surface area contributed by atoms with Gasteiger partial charge in [0.05, 0.1) is 23.8 Å². The van der Waals surface area contributed by atoms with Gasteiger partial charge in [0.25, 0.3) is 0 Å². The first-order valence-corrected chi connectivity index (χ1v) is 6.44. The van der Waals surface area contributed by atoms with Gasteiger partial charge in [-0.2, -0.15) is 0 Å². The third-order valence-electron chi connectivity index (χ3n) is 2.26. The van der Waals surface area contributed by atoms with E-state index in [1.54, 1.807) is 0 Å². The van der Waals surface area contributed by atoms with E-state index in [4.69, 9.17) is 16.3 Å². The third-order valence-corrected chi connectivity index (χ3v) is 3.40. The Kier molecular flexibility index (Phi) is 3.99. The van der Waals surface area contributed by atoms with Gasteiger partial charge >= 0.3 is 0 Å². The van der Waals surface area contributed by atoms with Crippen molar-refractivity contribution in [2.24, 2.45) is 0 Å². The van der Waals surface area contributed by atoms with Crippen molar-refractivity contribution in [1.29, 1.82) is 0 Å². The van der Waals surface area contributed by atoms with Gasteiger partial charge in [0.1, 0.15) is 5.75 Å². The van der Waals surface area contributed by atoms with E-state index in [0.717, 1.165) is 16.2 Å². The fourth-order valence-electron chi connectivity index (χ4n) is 1.58. The minimum absolute atomic E-state index is 0.0693. The predicted octanol–water partition coefficient (Wildman–Crippen LogP) is 3.35. The minimum atomic E-state index is -0.0693. The lowest BCUT2D eigenvalue weighted by Gasteiger charge is -2.08. The van der Waals surface area contributed by atoms with Crippen LogP contribution in [0.3, 0.4) is 0 Å². The first-order chi connectivity index (χ1) is 8.26. The second kappa shape index (κ2) is 5.49. The molecule has 0 amide bonds. The topological polar surface area (TPSA) is 42.4 Å².